The number of primary amides is 1. The highest BCUT2D eigenvalue weighted by Crippen LogP contribution is 2.49. The number of amides is 3. The molecule has 1 heterocycles. The lowest BCUT2D eigenvalue weighted by Crippen LogP contribution is -2.55. The Balaban J connectivity index is 1.52. The summed E-state index contributed by atoms with van der Waals surface area (Å²) >= 11 is 0. The maximum Gasteiger partial charge on any atom is 0.317 e. The number of nitrogens with zero attached hydrogens (tertiary/aromatic N) is 1. The summed E-state index contributed by atoms with van der Waals surface area (Å²) in [6.07, 6.45) is 4.59. The van der Waals surface area contributed by atoms with E-state index in [0.717, 1.165) is 11.8 Å². The number of urea groups is 1. The number of nitrogens with two attached hydrogens (primary N) is 1. The van der Waals surface area contributed by atoms with Gasteiger partial charge < -0.3 is 20.7 Å². The maximum atomic E-state index is 12.3. The fourth-order valence-corrected chi connectivity index (χ4v) is 4.31. The lowest BCUT2D eigenvalue weighted by molar-refractivity contribution is -0.133. The number of fused-ring (bicyclic) bond motifs is 2. The fourth-order valence-electron chi connectivity index (χ4n) is 4.31. The van der Waals surface area contributed by atoms with E-state index >= 15 is 0 Å². The molecule has 3 aliphatic rings. The van der Waals surface area contributed by atoms with Crippen LogP contribution in [0, 0.1) is 17.8 Å². The van der Waals surface area contributed by atoms with Crippen molar-refractivity contribution in [3.63, 3.8) is 0 Å². The van der Waals surface area contributed by atoms with Crippen molar-refractivity contribution in [2.75, 3.05) is 19.7 Å². The van der Waals surface area contributed by atoms with E-state index in [1.165, 1.54) is 25.7 Å². The Kier molecular flexibility index (Phi) is 4.06. The van der Waals surface area contributed by atoms with Crippen molar-refractivity contribution in [2.24, 2.45) is 23.5 Å². The zero-order valence-electron chi connectivity index (χ0n) is 12.6. The fraction of sp³-hybridized carbons (Fsp3) is 0.867. The zero-order chi connectivity index (χ0) is 15.0. The van der Waals surface area contributed by atoms with Gasteiger partial charge in [0.05, 0.1) is 13.2 Å². The molecule has 3 fully saturated rings. The molecule has 0 aromatic rings. The van der Waals surface area contributed by atoms with E-state index in [-0.39, 0.29) is 18.6 Å². The van der Waals surface area contributed by atoms with Crippen LogP contribution in [0.3, 0.4) is 0 Å². The summed E-state index contributed by atoms with van der Waals surface area (Å²) in [5, 5.41) is 3.12. The molecule has 3 rings (SSSR count). The Morgan fingerprint density at radius 2 is 2.14 bits per heavy atom. The molecule has 1 aliphatic heterocycles. The molecular weight excluding hydrogens is 270 g/mol. The average Bonchev–Trinajstić information content (AvgIpc) is 3.10. The van der Waals surface area contributed by atoms with Gasteiger partial charge in [-0.25, -0.2) is 4.79 Å². The molecule has 3 N–H and O–H groups in total. The minimum absolute atomic E-state index is 0.0974. The third-order valence-corrected chi connectivity index (χ3v) is 5.46. The second kappa shape index (κ2) is 5.83. The van der Waals surface area contributed by atoms with Crippen LogP contribution in [-0.2, 0) is 9.53 Å². The Morgan fingerprint density at radius 3 is 2.76 bits per heavy atom. The second-order valence-corrected chi connectivity index (χ2v) is 6.78. The van der Waals surface area contributed by atoms with Crippen LogP contribution in [0.25, 0.3) is 0 Å². The van der Waals surface area contributed by atoms with E-state index in [1.807, 2.05) is 0 Å². The number of carbonyl (C=O) groups excluding carboxylic acids is 2. The Hall–Kier alpha value is -1.30. The largest absolute Gasteiger partial charge is 0.367 e. The summed E-state index contributed by atoms with van der Waals surface area (Å²) in [6, 6.07) is 0.0995. The van der Waals surface area contributed by atoms with Crippen LogP contribution in [0.2, 0.25) is 0 Å². The van der Waals surface area contributed by atoms with E-state index < -0.39 is 12.0 Å². The molecule has 3 amide bonds. The summed E-state index contributed by atoms with van der Waals surface area (Å²) in [7, 11) is 0. The minimum Gasteiger partial charge on any atom is -0.367 e. The summed E-state index contributed by atoms with van der Waals surface area (Å²) in [6.45, 7) is 3.24. The van der Waals surface area contributed by atoms with Crippen molar-refractivity contribution < 1.29 is 14.3 Å². The number of nitrogens with one attached hydrogen (secondary N) is 1. The molecule has 21 heavy (non-hydrogen) atoms. The van der Waals surface area contributed by atoms with Crippen LogP contribution in [-0.4, -0.2) is 48.7 Å². The van der Waals surface area contributed by atoms with Crippen molar-refractivity contribution in [2.45, 2.75) is 44.8 Å². The van der Waals surface area contributed by atoms with Gasteiger partial charge in [-0.1, -0.05) is 6.42 Å². The van der Waals surface area contributed by atoms with Crippen LogP contribution >= 0.6 is 0 Å². The molecule has 2 saturated carbocycles. The number of morpholine rings is 1. The smallest absolute Gasteiger partial charge is 0.317 e. The van der Waals surface area contributed by atoms with Gasteiger partial charge in [0.25, 0.3) is 0 Å². The standard InChI is InChI=1S/C15H25N3O3/c1-9(12-7-10-2-3-11(12)6-10)17-15(20)18-4-5-21-13(8-18)14(16)19/h9-13H,2-8H2,1H3,(H2,16,19)(H,17,20)/t9-,10-,11-,12+,13+/m0/s1. The predicted octanol–water partition coefficient (Wildman–Crippen LogP) is 0.707. The quantitative estimate of drug-likeness (QED) is 0.804. The van der Waals surface area contributed by atoms with Crippen molar-refractivity contribution >= 4 is 11.9 Å². The number of hydrogen-bond donors (Lipinski definition) is 2. The topological polar surface area (TPSA) is 84.7 Å². The van der Waals surface area contributed by atoms with Gasteiger partial charge in [0, 0.05) is 12.6 Å². The predicted molar refractivity (Wildman–Crippen MR) is 77.4 cm³/mol. The summed E-state index contributed by atoms with van der Waals surface area (Å²) in [4.78, 5) is 25.2. The SMILES string of the molecule is C[C@H](NC(=O)N1CCO[C@@H](C(N)=O)C1)[C@H]1C[C@H]2CC[C@H]1C2. The molecule has 0 radical (unpaired) electrons. The molecule has 2 aliphatic carbocycles. The van der Waals surface area contributed by atoms with Crippen molar-refractivity contribution in [1.82, 2.24) is 10.2 Å². The van der Waals surface area contributed by atoms with Gasteiger partial charge in [0.1, 0.15) is 0 Å². The summed E-state index contributed by atoms with van der Waals surface area (Å²) < 4.78 is 5.27. The van der Waals surface area contributed by atoms with Gasteiger partial charge in [-0.2, -0.15) is 0 Å². The summed E-state index contributed by atoms with van der Waals surface area (Å²) in [5.41, 5.74) is 5.25. The highest BCUT2D eigenvalue weighted by atomic mass is 16.5. The Bertz CT molecular complexity index is 428. The third kappa shape index (κ3) is 3.00. The van der Waals surface area contributed by atoms with Crippen LogP contribution in [0.1, 0.15) is 32.6 Å². The first-order chi connectivity index (χ1) is 10.0. The molecule has 118 valence electrons. The first-order valence-corrected chi connectivity index (χ1v) is 8.01. The average molecular weight is 295 g/mol. The van der Waals surface area contributed by atoms with E-state index in [2.05, 4.69) is 12.2 Å². The molecule has 0 spiro atoms. The van der Waals surface area contributed by atoms with Crippen molar-refractivity contribution in [3.05, 3.63) is 0 Å². The number of hydrogen-bond acceptors (Lipinski definition) is 3. The number of rotatable bonds is 3. The van der Waals surface area contributed by atoms with Crippen LogP contribution in [0.4, 0.5) is 4.79 Å². The lowest BCUT2D eigenvalue weighted by Gasteiger charge is -2.34. The van der Waals surface area contributed by atoms with Gasteiger partial charge in [-0.15, -0.1) is 0 Å². The van der Waals surface area contributed by atoms with Gasteiger partial charge in [0.15, 0.2) is 6.10 Å². The third-order valence-electron chi connectivity index (χ3n) is 5.46. The second-order valence-electron chi connectivity index (χ2n) is 6.78. The van der Waals surface area contributed by atoms with Crippen molar-refractivity contribution in [1.29, 1.82) is 0 Å². The molecule has 6 heteroatoms. The first kappa shape index (κ1) is 14.6. The molecule has 0 aromatic carbocycles. The highest BCUT2D eigenvalue weighted by Gasteiger charge is 2.42. The first-order valence-electron chi connectivity index (χ1n) is 8.01. The molecule has 1 saturated heterocycles. The van der Waals surface area contributed by atoms with Crippen molar-refractivity contribution in [3.8, 4) is 0 Å². The van der Waals surface area contributed by atoms with E-state index in [9.17, 15) is 9.59 Å². The molecule has 6 nitrogen and oxygen atoms in total. The molecular formula is C15H25N3O3. The highest BCUT2D eigenvalue weighted by molar-refractivity contribution is 5.81. The monoisotopic (exact) mass is 295 g/mol. The number of carbonyl (C=O) groups is 2. The van der Waals surface area contributed by atoms with Crippen LogP contribution in [0.15, 0.2) is 0 Å². The summed E-state index contributed by atoms with van der Waals surface area (Å²) in [5.74, 6) is 1.77. The molecule has 0 unspecified atom stereocenters. The Labute approximate surface area is 125 Å². The zero-order valence-corrected chi connectivity index (χ0v) is 12.6. The van der Waals surface area contributed by atoms with Crippen LogP contribution in [0.5, 0.6) is 0 Å². The van der Waals surface area contributed by atoms with E-state index in [4.69, 9.17) is 10.5 Å². The van der Waals surface area contributed by atoms with Gasteiger partial charge >= 0.3 is 6.03 Å². The van der Waals surface area contributed by atoms with Gasteiger partial charge in [-0.3, -0.25) is 4.79 Å². The van der Waals surface area contributed by atoms with E-state index in [1.54, 1.807) is 4.90 Å². The normalized spacial score (nSPS) is 36.5. The maximum absolute atomic E-state index is 12.3. The number of ether oxygens (including phenoxy) is 1. The van der Waals surface area contributed by atoms with Gasteiger partial charge in [0.2, 0.25) is 5.91 Å². The van der Waals surface area contributed by atoms with Crippen LogP contribution < -0.4 is 11.1 Å². The van der Waals surface area contributed by atoms with Gasteiger partial charge in [-0.05, 0) is 43.9 Å². The minimum atomic E-state index is -0.678. The van der Waals surface area contributed by atoms with E-state index in [0.29, 0.717) is 19.1 Å². The Morgan fingerprint density at radius 1 is 1.33 bits per heavy atom. The molecule has 2 bridgehead atoms. The lowest BCUT2D eigenvalue weighted by atomic mass is 9.84. The molecule has 5 atom stereocenters. The molecule has 0 aromatic heterocycles.